The van der Waals surface area contributed by atoms with Gasteiger partial charge in [-0.1, -0.05) is 24.3 Å². The Balaban J connectivity index is 1.73. The number of rotatable bonds is 4. The van der Waals surface area contributed by atoms with Crippen molar-refractivity contribution in [2.75, 3.05) is 0 Å². The smallest absolute Gasteiger partial charge is 0.0570 e. The Bertz CT molecular complexity index is 658. The van der Waals surface area contributed by atoms with E-state index in [-0.39, 0.29) is 6.04 Å². The molecule has 3 aromatic rings. The van der Waals surface area contributed by atoms with Crippen LogP contribution in [-0.4, -0.2) is 9.97 Å². The van der Waals surface area contributed by atoms with Gasteiger partial charge in [-0.3, -0.25) is 4.98 Å². The Morgan fingerprint density at radius 2 is 2.00 bits per heavy atom. The van der Waals surface area contributed by atoms with Gasteiger partial charge in [0.2, 0.25) is 0 Å². The predicted octanol–water partition coefficient (Wildman–Crippen LogP) is 3.41. The van der Waals surface area contributed by atoms with Crippen LogP contribution in [0.15, 0.2) is 54.9 Å². The lowest BCUT2D eigenvalue weighted by molar-refractivity contribution is 0.563. The van der Waals surface area contributed by atoms with Crippen LogP contribution in [0.2, 0.25) is 0 Å². The Kier molecular flexibility index (Phi) is 3.29. The van der Waals surface area contributed by atoms with E-state index in [0.717, 1.165) is 12.2 Å². The summed E-state index contributed by atoms with van der Waals surface area (Å²) < 4.78 is 0. The number of para-hydroxylation sites is 1. The molecule has 0 unspecified atom stereocenters. The van der Waals surface area contributed by atoms with Crippen molar-refractivity contribution in [1.29, 1.82) is 0 Å². The molecular weight excluding hydrogens is 234 g/mol. The molecule has 0 spiro atoms. The topological polar surface area (TPSA) is 40.7 Å². The largest absolute Gasteiger partial charge is 0.361 e. The second-order valence-electron chi connectivity index (χ2n) is 4.72. The lowest BCUT2D eigenvalue weighted by Gasteiger charge is -2.12. The molecule has 1 aromatic carbocycles. The number of H-pyrrole nitrogens is 1. The second-order valence-corrected chi connectivity index (χ2v) is 4.72. The molecule has 0 amide bonds. The van der Waals surface area contributed by atoms with Crippen molar-refractivity contribution >= 4 is 10.9 Å². The number of aromatic nitrogens is 2. The normalized spacial score (nSPS) is 12.7. The highest BCUT2D eigenvalue weighted by Crippen LogP contribution is 2.18. The highest BCUT2D eigenvalue weighted by atomic mass is 14.9. The zero-order valence-corrected chi connectivity index (χ0v) is 10.9. The van der Waals surface area contributed by atoms with Gasteiger partial charge in [-0.15, -0.1) is 0 Å². The lowest BCUT2D eigenvalue weighted by atomic mass is 10.1. The number of hydrogen-bond acceptors (Lipinski definition) is 2. The Morgan fingerprint density at radius 3 is 2.84 bits per heavy atom. The number of pyridine rings is 1. The Labute approximate surface area is 112 Å². The zero-order chi connectivity index (χ0) is 13.1. The van der Waals surface area contributed by atoms with Crippen molar-refractivity contribution < 1.29 is 0 Å². The molecule has 2 heterocycles. The number of nitrogens with zero attached hydrogens (tertiary/aromatic N) is 1. The third-order valence-corrected chi connectivity index (χ3v) is 3.41. The molecule has 0 saturated carbocycles. The maximum Gasteiger partial charge on any atom is 0.0570 e. The van der Waals surface area contributed by atoms with E-state index < -0.39 is 0 Å². The molecule has 0 bridgehead atoms. The fourth-order valence-electron chi connectivity index (χ4n) is 2.28. The summed E-state index contributed by atoms with van der Waals surface area (Å²) in [7, 11) is 0. The summed E-state index contributed by atoms with van der Waals surface area (Å²) in [5.74, 6) is 0. The van der Waals surface area contributed by atoms with E-state index in [1.165, 1.54) is 16.5 Å². The first-order valence-electron chi connectivity index (χ1n) is 6.54. The van der Waals surface area contributed by atoms with E-state index in [0.29, 0.717) is 0 Å². The molecule has 0 saturated heterocycles. The van der Waals surface area contributed by atoms with Gasteiger partial charge in [0.15, 0.2) is 0 Å². The van der Waals surface area contributed by atoms with Crippen LogP contribution >= 0.6 is 0 Å². The SMILES string of the molecule is C[C@@H](NCc1c[nH]c2ccccc12)c1ccccn1. The van der Waals surface area contributed by atoms with Crippen LogP contribution in [0.4, 0.5) is 0 Å². The summed E-state index contributed by atoms with van der Waals surface area (Å²) in [4.78, 5) is 7.67. The molecule has 3 rings (SSSR count). The van der Waals surface area contributed by atoms with Crippen molar-refractivity contribution in [2.24, 2.45) is 0 Å². The highest BCUT2D eigenvalue weighted by Gasteiger charge is 2.07. The molecule has 1 atom stereocenters. The quantitative estimate of drug-likeness (QED) is 0.746. The summed E-state index contributed by atoms with van der Waals surface area (Å²) in [6, 6.07) is 14.6. The molecule has 3 heteroatoms. The number of fused-ring (bicyclic) bond motifs is 1. The number of nitrogens with one attached hydrogen (secondary N) is 2. The van der Waals surface area contributed by atoms with Crippen molar-refractivity contribution in [2.45, 2.75) is 19.5 Å². The molecule has 2 aromatic heterocycles. The molecule has 0 radical (unpaired) electrons. The fourth-order valence-corrected chi connectivity index (χ4v) is 2.28. The zero-order valence-electron chi connectivity index (χ0n) is 10.9. The average Bonchev–Trinajstić information content (AvgIpc) is 2.89. The standard InChI is InChI=1S/C16H17N3/c1-12(15-7-4-5-9-17-15)18-10-13-11-19-16-8-3-2-6-14(13)16/h2-9,11-12,18-19H,10H2,1H3/t12-/m1/s1. The van der Waals surface area contributed by atoms with Crippen LogP contribution in [0.3, 0.4) is 0 Å². The number of hydrogen-bond donors (Lipinski definition) is 2. The van der Waals surface area contributed by atoms with Gasteiger partial charge in [-0.2, -0.15) is 0 Å². The van der Waals surface area contributed by atoms with Crippen molar-refractivity contribution in [3.8, 4) is 0 Å². The van der Waals surface area contributed by atoms with Crippen molar-refractivity contribution in [3.63, 3.8) is 0 Å². The molecule has 19 heavy (non-hydrogen) atoms. The second kappa shape index (κ2) is 5.24. The first-order valence-corrected chi connectivity index (χ1v) is 6.54. The summed E-state index contributed by atoms with van der Waals surface area (Å²) in [6.45, 7) is 2.97. The molecule has 0 fully saturated rings. The number of aromatic amines is 1. The van der Waals surface area contributed by atoms with Gasteiger partial charge in [0.1, 0.15) is 0 Å². The minimum atomic E-state index is 0.245. The molecule has 0 aliphatic heterocycles. The van der Waals surface area contributed by atoms with E-state index in [1.54, 1.807) is 0 Å². The molecular formula is C16H17N3. The van der Waals surface area contributed by atoms with E-state index in [4.69, 9.17) is 0 Å². The lowest BCUT2D eigenvalue weighted by Crippen LogP contribution is -2.18. The van der Waals surface area contributed by atoms with Crippen molar-refractivity contribution in [3.05, 3.63) is 66.1 Å². The first kappa shape index (κ1) is 11.9. The van der Waals surface area contributed by atoms with Gasteiger partial charge in [0, 0.05) is 35.9 Å². The van der Waals surface area contributed by atoms with Gasteiger partial charge in [-0.05, 0) is 30.7 Å². The van der Waals surface area contributed by atoms with E-state index in [1.807, 2.05) is 30.5 Å². The third-order valence-electron chi connectivity index (χ3n) is 3.41. The van der Waals surface area contributed by atoms with Crippen molar-refractivity contribution in [1.82, 2.24) is 15.3 Å². The van der Waals surface area contributed by atoms with Gasteiger partial charge < -0.3 is 10.3 Å². The van der Waals surface area contributed by atoms with Crippen LogP contribution in [0, 0.1) is 0 Å². The molecule has 0 aliphatic rings. The van der Waals surface area contributed by atoms with Gasteiger partial charge in [0.05, 0.1) is 5.69 Å². The molecule has 2 N–H and O–H groups in total. The molecule has 0 aliphatic carbocycles. The van der Waals surface area contributed by atoms with E-state index in [9.17, 15) is 0 Å². The average molecular weight is 251 g/mol. The summed E-state index contributed by atoms with van der Waals surface area (Å²) in [6.07, 6.45) is 3.90. The highest BCUT2D eigenvalue weighted by molar-refractivity contribution is 5.82. The Hall–Kier alpha value is -2.13. The maximum absolute atomic E-state index is 4.37. The van der Waals surface area contributed by atoms with Crippen LogP contribution in [0.5, 0.6) is 0 Å². The minimum Gasteiger partial charge on any atom is -0.361 e. The summed E-state index contributed by atoms with van der Waals surface area (Å²) in [5.41, 5.74) is 3.55. The summed E-state index contributed by atoms with van der Waals surface area (Å²) >= 11 is 0. The first-order chi connectivity index (χ1) is 9.34. The minimum absolute atomic E-state index is 0.245. The van der Waals surface area contributed by atoms with Gasteiger partial charge >= 0.3 is 0 Å². The maximum atomic E-state index is 4.37. The van der Waals surface area contributed by atoms with Crippen LogP contribution in [0.1, 0.15) is 24.2 Å². The van der Waals surface area contributed by atoms with Crippen LogP contribution in [0.25, 0.3) is 10.9 Å². The van der Waals surface area contributed by atoms with Crippen LogP contribution in [-0.2, 0) is 6.54 Å². The van der Waals surface area contributed by atoms with Gasteiger partial charge in [-0.25, -0.2) is 0 Å². The van der Waals surface area contributed by atoms with E-state index >= 15 is 0 Å². The predicted molar refractivity (Wildman–Crippen MR) is 77.8 cm³/mol. The van der Waals surface area contributed by atoms with Gasteiger partial charge in [0.25, 0.3) is 0 Å². The fraction of sp³-hybridized carbons (Fsp3) is 0.188. The summed E-state index contributed by atoms with van der Waals surface area (Å²) in [5, 5.41) is 4.79. The third kappa shape index (κ3) is 2.51. The number of benzene rings is 1. The molecule has 3 nitrogen and oxygen atoms in total. The van der Waals surface area contributed by atoms with Crippen LogP contribution < -0.4 is 5.32 Å². The molecule has 96 valence electrons. The van der Waals surface area contributed by atoms with E-state index in [2.05, 4.69) is 46.6 Å². The Morgan fingerprint density at radius 1 is 1.16 bits per heavy atom. The monoisotopic (exact) mass is 251 g/mol.